The highest BCUT2D eigenvalue weighted by Gasteiger charge is 2.24. The van der Waals surface area contributed by atoms with E-state index in [4.69, 9.17) is 0 Å². The molecule has 0 atom stereocenters. The van der Waals surface area contributed by atoms with E-state index in [-0.39, 0.29) is 0 Å². The molecule has 6 heterocycles. The summed E-state index contributed by atoms with van der Waals surface area (Å²) in [6.07, 6.45) is 0. The van der Waals surface area contributed by atoms with Crippen molar-refractivity contribution in [1.29, 1.82) is 0 Å². The van der Waals surface area contributed by atoms with Crippen LogP contribution in [0.4, 0.5) is 0 Å². The first kappa shape index (κ1) is 51.9. The third-order valence-electron chi connectivity index (χ3n) is 20.1. The summed E-state index contributed by atoms with van der Waals surface area (Å²) in [6, 6.07) is 118. The molecule has 0 saturated heterocycles. The third kappa shape index (κ3) is 7.49. The molecule has 4 nitrogen and oxygen atoms in total. The van der Waals surface area contributed by atoms with Gasteiger partial charge in [-0.15, -0.1) is 22.7 Å². The molecule has 0 bridgehead atoms. The molecule has 436 valence electrons. The van der Waals surface area contributed by atoms with Crippen molar-refractivity contribution >= 4 is 161 Å². The van der Waals surface area contributed by atoms with Crippen LogP contribution >= 0.6 is 22.7 Å². The second kappa shape index (κ2) is 19.9. The molecule has 15 aromatic carbocycles. The molecular formula is C88H52N4S2. The maximum atomic E-state index is 2.52. The summed E-state index contributed by atoms with van der Waals surface area (Å²) >= 11 is 3.77. The van der Waals surface area contributed by atoms with Crippen LogP contribution in [0, 0.1) is 0 Å². The first-order valence-electron chi connectivity index (χ1n) is 32.2. The minimum Gasteiger partial charge on any atom is -0.309 e. The van der Waals surface area contributed by atoms with Gasteiger partial charge in [-0.05, 0) is 172 Å². The molecule has 21 aromatic rings. The maximum Gasteiger partial charge on any atom is 0.0555 e. The Labute approximate surface area is 547 Å². The second-order valence-corrected chi connectivity index (χ2v) is 27.2. The minimum atomic E-state index is 1.13. The van der Waals surface area contributed by atoms with Crippen LogP contribution in [-0.2, 0) is 0 Å². The number of hydrogen-bond acceptors (Lipinski definition) is 2. The van der Waals surface area contributed by atoms with Crippen molar-refractivity contribution in [3.05, 3.63) is 315 Å². The van der Waals surface area contributed by atoms with Crippen LogP contribution < -0.4 is 0 Å². The molecule has 0 unspecified atom stereocenters. The highest BCUT2D eigenvalue weighted by Crippen LogP contribution is 2.48. The summed E-state index contributed by atoms with van der Waals surface area (Å²) in [5, 5.41) is 17.5. The fraction of sp³-hybridized carbons (Fsp3) is 0. The normalized spacial score (nSPS) is 12.3. The van der Waals surface area contributed by atoms with E-state index in [1.165, 1.54) is 189 Å². The van der Waals surface area contributed by atoms with Crippen LogP contribution in [0.5, 0.6) is 0 Å². The molecule has 0 saturated carbocycles. The van der Waals surface area contributed by atoms with Gasteiger partial charge in [0, 0.05) is 94.8 Å². The Morgan fingerprint density at radius 3 is 1.16 bits per heavy atom. The first-order valence-corrected chi connectivity index (χ1v) is 33.8. The molecule has 6 heteroatoms. The predicted molar refractivity (Wildman–Crippen MR) is 403 cm³/mol. The van der Waals surface area contributed by atoms with Gasteiger partial charge < -0.3 is 18.3 Å². The highest BCUT2D eigenvalue weighted by molar-refractivity contribution is 7.26. The van der Waals surface area contributed by atoms with Crippen molar-refractivity contribution in [2.45, 2.75) is 0 Å². The Kier molecular flexibility index (Phi) is 11.0. The lowest BCUT2D eigenvalue weighted by Gasteiger charge is -2.14. The third-order valence-corrected chi connectivity index (χ3v) is 22.5. The fourth-order valence-electron chi connectivity index (χ4n) is 16.0. The summed E-state index contributed by atoms with van der Waals surface area (Å²) in [6.45, 7) is 0. The molecule has 94 heavy (non-hydrogen) atoms. The van der Waals surface area contributed by atoms with E-state index in [2.05, 4.69) is 334 Å². The van der Waals surface area contributed by atoms with Gasteiger partial charge in [0.2, 0.25) is 0 Å². The van der Waals surface area contributed by atoms with E-state index < -0.39 is 0 Å². The van der Waals surface area contributed by atoms with E-state index >= 15 is 0 Å². The van der Waals surface area contributed by atoms with Gasteiger partial charge in [0.25, 0.3) is 0 Å². The number of hydrogen-bond donors (Lipinski definition) is 0. The summed E-state index contributed by atoms with van der Waals surface area (Å²) in [7, 11) is 0. The van der Waals surface area contributed by atoms with Crippen LogP contribution in [0.25, 0.3) is 194 Å². The standard InChI is InChI=1S/C88H52N4S2/c1-2-18-54-47-61(40-35-53(54)17-1)90-74-28-10-4-22-64(74)70-50-56(37-43-78(70)90)55-36-42-77-69(49-55)63-21-3-9-27-73(63)89(77)60-20-15-19-59(48-60)62-41-46-82(87-68-26-8-14-33-84(68)94-88(62)87)92-76-30-12-6-24-66(76)72-52-58(39-45-80(72)92)57-38-44-79-71(51-57)65-23-5-11-29-75(65)91(79)81-31-16-34-85-86(81)67-25-7-13-32-83(67)93-85/h1-52H. The monoisotopic (exact) mass is 1230 g/mol. The van der Waals surface area contributed by atoms with Crippen LogP contribution in [0.15, 0.2) is 315 Å². The first-order chi connectivity index (χ1) is 46.6. The van der Waals surface area contributed by atoms with Gasteiger partial charge in [0.15, 0.2) is 0 Å². The molecule has 21 rings (SSSR count). The Morgan fingerprint density at radius 2 is 0.606 bits per heavy atom. The van der Waals surface area contributed by atoms with Gasteiger partial charge in [-0.1, -0.05) is 188 Å². The molecule has 0 aliphatic rings. The van der Waals surface area contributed by atoms with Gasteiger partial charge in [-0.25, -0.2) is 0 Å². The fourth-order valence-corrected chi connectivity index (χ4v) is 18.4. The van der Waals surface area contributed by atoms with Crippen LogP contribution in [0.3, 0.4) is 0 Å². The molecular weight excluding hydrogens is 1180 g/mol. The van der Waals surface area contributed by atoms with E-state index in [0.29, 0.717) is 0 Å². The minimum absolute atomic E-state index is 1.13. The van der Waals surface area contributed by atoms with Crippen molar-refractivity contribution < 1.29 is 0 Å². The van der Waals surface area contributed by atoms with Crippen molar-refractivity contribution in [2.75, 3.05) is 0 Å². The Morgan fingerprint density at radius 1 is 0.202 bits per heavy atom. The molecule has 0 radical (unpaired) electrons. The van der Waals surface area contributed by atoms with Crippen molar-refractivity contribution in [3.8, 4) is 56.1 Å². The summed E-state index contributed by atoms with van der Waals surface area (Å²) in [5.41, 5.74) is 21.4. The zero-order valence-corrected chi connectivity index (χ0v) is 52.3. The SMILES string of the molecule is c1cc(-c2ccc(-n3c4ccccc4c4cc(-c5ccc6c(c5)c5ccccc5n6-c5cccc6sc7ccccc7c56)ccc43)c3c2sc2ccccc23)cc(-n2c3ccccc3c3cc(-c4ccc5c(c4)c4ccccc4n5-c4ccc5ccccc5c4)ccc32)c1. The lowest BCUT2D eigenvalue weighted by molar-refractivity contribution is 1.18. The molecule has 0 aliphatic heterocycles. The van der Waals surface area contributed by atoms with Crippen molar-refractivity contribution in [3.63, 3.8) is 0 Å². The van der Waals surface area contributed by atoms with Gasteiger partial charge in [0.05, 0.1) is 55.5 Å². The van der Waals surface area contributed by atoms with Crippen LogP contribution in [0.1, 0.15) is 0 Å². The topological polar surface area (TPSA) is 19.7 Å². The van der Waals surface area contributed by atoms with Crippen molar-refractivity contribution in [2.24, 2.45) is 0 Å². The zero-order chi connectivity index (χ0) is 61.3. The number of nitrogens with zero attached hydrogens (tertiary/aromatic N) is 4. The molecule has 0 amide bonds. The van der Waals surface area contributed by atoms with Gasteiger partial charge in [-0.2, -0.15) is 0 Å². The number of rotatable bonds is 7. The van der Waals surface area contributed by atoms with E-state index in [9.17, 15) is 0 Å². The molecule has 6 aromatic heterocycles. The quantitative estimate of drug-likeness (QED) is 0.152. The average molecular weight is 1230 g/mol. The van der Waals surface area contributed by atoms with Crippen molar-refractivity contribution in [1.82, 2.24) is 18.3 Å². The highest BCUT2D eigenvalue weighted by atomic mass is 32.1. The number of thiophene rings is 2. The maximum absolute atomic E-state index is 2.52. The lowest BCUT2D eigenvalue weighted by Crippen LogP contribution is -1.96. The number of para-hydroxylation sites is 4. The summed E-state index contributed by atoms with van der Waals surface area (Å²) in [5.74, 6) is 0. The number of benzene rings is 15. The number of aromatic nitrogens is 4. The summed E-state index contributed by atoms with van der Waals surface area (Å²) < 4.78 is 15.1. The second-order valence-electron chi connectivity index (χ2n) is 25.1. The van der Waals surface area contributed by atoms with Gasteiger partial charge in [0.1, 0.15) is 0 Å². The Bertz CT molecular complexity index is 6820. The predicted octanol–water partition coefficient (Wildman–Crippen LogP) is 25.0. The Balaban J connectivity index is 0.674. The molecule has 0 N–H and O–H groups in total. The lowest BCUT2D eigenvalue weighted by atomic mass is 10.00. The van der Waals surface area contributed by atoms with Gasteiger partial charge >= 0.3 is 0 Å². The average Bonchev–Trinajstić information content (AvgIpc) is 1.58. The molecule has 0 aliphatic carbocycles. The van der Waals surface area contributed by atoms with E-state index in [1.807, 2.05) is 22.7 Å². The zero-order valence-electron chi connectivity index (χ0n) is 50.6. The summed E-state index contributed by atoms with van der Waals surface area (Å²) in [4.78, 5) is 0. The van der Waals surface area contributed by atoms with E-state index in [0.717, 1.165) is 5.69 Å². The van der Waals surface area contributed by atoms with Crippen LogP contribution in [0.2, 0.25) is 0 Å². The smallest absolute Gasteiger partial charge is 0.0555 e. The largest absolute Gasteiger partial charge is 0.309 e. The molecule has 0 spiro atoms. The molecule has 0 fully saturated rings. The van der Waals surface area contributed by atoms with Gasteiger partial charge in [-0.3, -0.25) is 0 Å². The Hall–Kier alpha value is -11.8. The van der Waals surface area contributed by atoms with E-state index in [1.54, 1.807) is 0 Å². The number of fused-ring (bicyclic) bond motifs is 19. The van der Waals surface area contributed by atoms with Crippen LogP contribution in [-0.4, -0.2) is 18.3 Å².